The van der Waals surface area contributed by atoms with Crippen LogP contribution >= 0.6 is 11.3 Å². The highest BCUT2D eigenvalue weighted by Crippen LogP contribution is 2.16. The first-order valence-corrected chi connectivity index (χ1v) is 8.60. The van der Waals surface area contributed by atoms with Gasteiger partial charge in [-0.25, -0.2) is 17.9 Å². The molecule has 0 saturated carbocycles. The van der Waals surface area contributed by atoms with Crippen molar-refractivity contribution >= 4 is 27.3 Å². The van der Waals surface area contributed by atoms with Gasteiger partial charge in [0.05, 0.1) is 12.8 Å². The molecule has 0 unspecified atom stereocenters. The van der Waals surface area contributed by atoms with Gasteiger partial charge in [-0.05, 0) is 35.7 Å². The first kappa shape index (κ1) is 15.7. The Kier molecular flexibility index (Phi) is 4.76. The fourth-order valence-electron chi connectivity index (χ4n) is 1.65. The van der Waals surface area contributed by atoms with Gasteiger partial charge in [-0.2, -0.15) is 16.4 Å². The summed E-state index contributed by atoms with van der Waals surface area (Å²) in [6.45, 7) is 3.86. The molecule has 0 aliphatic rings. The zero-order chi connectivity index (χ0) is 15.5. The Labute approximate surface area is 126 Å². The normalized spacial score (nSPS) is 11.5. The molecule has 0 saturated heterocycles. The van der Waals surface area contributed by atoms with E-state index in [2.05, 4.69) is 14.9 Å². The first-order valence-electron chi connectivity index (χ1n) is 6.17. The maximum absolute atomic E-state index is 12.2. The van der Waals surface area contributed by atoms with Gasteiger partial charge < -0.3 is 4.74 Å². The van der Waals surface area contributed by atoms with Crippen LogP contribution in [0.3, 0.4) is 0 Å². The number of esters is 1. The zero-order valence-corrected chi connectivity index (χ0v) is 13.2. The molecule has 2 rings (SSSR count). The molecular weight excluding hydrogens is 314 g/mol. The maximum Gasteiger partial charge on any atom is 0.342 e. The monoisotopic (exact) mass is 329 g/mol. The Bertz CT molecular complexity index is 733. The Morgan fingerprint density at radius 3 is 2.86 bits per heavy atom. The number of hydrogen-bond acceptors (Lipinski definition) is 6. The molecule has 0 amide bonds. The fraction of sp³-hybridized carbons (Fsp3) is 0.333. The topological polar surface area (TPSA) is 101 Å². The third-order valence-corrected chi connectivity index (χ3v) is 5.07. The Morgan fingerprint density at radius 2 is 2.24 bits per heavy atom. The van der Waals surface area contributed by atoms with E-state index in [1.165, 1.54) is 11.3 Å². The number of aromatic amines is 1. The molecular formula is C12H15N3O4S2. The molecule has 0 spiro atoms. The SMILES string of the molecule is CCOC(=O)c1cn[nH]c1S(=O)(=O)NCc1cscc1C. The molecule has 0 aliphatic carbocycles. The third-order valence-electron chi connectivity index (χ3n) is 2.78. The van der Waals surface area contributed by atoms with E-state index in [4.69, 9.17) is 4.74 Å². The van der Waals surface area contributed by atoms with E-state index < -0.39 is 16.0 Å². The van der Waals surface area contributed by atoms with Crippen LogP contribution in [-0.2, 0) is 21.3 Å². The van der Waals surface area contributed by atoms with E-state index in [-0.39, 0.29) is 23.7 Å². The number of rotatable bonds is 6. The number of nitrogens with zero attached hydrogens (tertiary/aromatic N) is 1. The van der Waals surface area contributed by atoms with Gasteiger partial charge >= 0.3 is 5.97 Å². The summed E-state index contributed by atoms with van der Waals surface area (Å²) in [5, 5.41) is 9.47. The molecule has 0 bridgehead atoms. The van der Waals surface area contributed by atoms with E-state index in [0.717, 1.165) is 17.3 Å². The Balaban J connectivity index is 2.19. The number of H-pyrrole nitrogens is 1. The summed E-state index contributed by atoms with van der Waals surface area (Å²) in [4.78, 5) is 11.7. The van der Waals surface area contributed by atoms with Gasteiger partial charge in [0, 0.05) is 6.54 Å². The maximum atomic E-state index is 12.2. The van der Waals surface area contributed by atoms with Crippen molar-refractivity contribution in [1.82, 2.24) is 14.9 Å². The minimum atomic E-state index is -3.87. The molecule has 0 atom stereocenters. The van der Waals surface area contributed by atoms with Crippen LogP contribution in [0.2, 0.25) is 0 Å². The van der Waals surface area contributed by atoms with Crippen molar-refractivity contribution in [3.8, 4) is 0 Å². The summed E-state index contributed by atoms with van der Waals surface area (Å²) >= 11 is 1.50. The van der Waals surface area contributed by atoms with Crippen LogP contribution in [0.25, 0.3) is 0 Å². The molecule has 2 N–H and O–H groups in total. The molecule has 7 nitrogen and oxygen atoms in total. The van der Waals surface area contributed by atoms with E-state index >= 15 is 0 Å². The van der Waals surface area contributed by atoms with Crippen molar-refractivity contribution < 1.29 is 17.9 Å². The van der Waals surface area contributed by atoms with Gasteiger partial charge in [-0.1, -0.05) is 0 Å². The third kappa shape index (κ3) is 3.49. The molecule has 9 heteroatoms. The Morgan fingerprint density at radius 1 is 1.48 bits per heavy atom. The van der Waals surface area contributed by atoms with E-state index in [0.29, 0.717) is 0 Å². The van der Waals surface area contributed by atoms with Crippen LogP contribution in [0.1, 0.15) is 28.4 Å². The predicted octanol–water partition coefficient (Wildman–Crippen LogP) is 1.43. The fourth-order valence-corrected chi connectivity index (χ4v) is 3.59. The lowest BCUT2D eigenvalue weighted by Gasteiger charge is -2.06. The molecule has 0 aliphatic heterocycles. The highest BCUT2D eigenvalue weighted by atomic mass is 32.2. The number of sulfonamides is 1. The van der Waals surface area contributed by atoms with Crippen LogP contribution in [0, 0.1) is 6.92 Å². The van der Waals surface area contributed by atoms with Gasteiger partial charge in [0.1, 0.15) is 5.56 Å². The lowest BCUT2D eigenvalue weighted by atomic mass is 10.2. The smallest absolute Gasteiger partial charge is 0.342 e. The largest absolute Gasteiger partial charge is 0.462 e. The summed E-state index contributed by atoms with van der Waals surface area (Å²) in [6.07, 6.45) is 1.14. The van der Waals surface area contributed by atoms with Crippen LogP contribution < -0.4 is 4.72 Å². The van der Waals surface area contributed by atoms with Crippen LogP contribution in [0.4, 0.5) is 0 Å². The van der Waals surface area contributed by atoms with Crippen molar-refractivity contribution in [1.29, 1.82) is 0 Å². The summed E-state index contributed by atoms with van der Waals surface area (Å²) < 4.78 is 31.7. The van der Waals surface area contributed by atoms with Gasteiger partial charge in [-0.15, -0.1) is 0 Å². The predicted molar refractivity (Wildman–Crippen MR) is 77.6 cm³/mol. The van der Waals surface area contributed by atoms with Gasteiger partial charge in [0.15, 0.2) is 5.03 Å². The second-order valence-corrected chi connectivity index (χ2v) is 6.69. The molecule has 21 heavy (non-hydrogen) atoms. The number of nitrogens with one attached hydrogen (secondary N) is 2. The second kappa shape index (κ2) is 6.37. The van der Waals surface area contributed by atoms with Gasteiger partial charge in [0.2, 0.25) is 0 Å². The zero-order valence-electron chi connectivity index (χ0n) is 11.5. The van der Waals surface area contributed by atoms with Crippen molar-refractivity contribution in [3.63, 3.8) is 0 Å². The number of ether oxygens (including phenoxy) is 1. The van der Waals surface area contributed by atoms with E-state index in [1.54, 1.807) is 6.92 Å². The van der Waals surface area contributed by atoms with Crippen LogP contribution in [-0.4, -0.2) is 31.2 Å². The van der Waals surface area contributed by atoms with Crippen LogP contribution in [0.15, 0.2) is 22.0 Å². The summed E-state index contributed by atoms with van der Waals surface area (Å²) in [7, 11) is -3.87. The molecule has 0 aromatic carbocycles. The number of hydrogen-bond donors (Lipinski definition) is 2. The average Bonchev–Trinajstić information content (AvgIpc) is 3.05. The van der Waals surface area contributed by atoms with Crippen LogP contribution in [0.5, 0.6) is 0 Å². The van der Waals surface area contributed by atoms with Crippen molar-refractivity contribution in [3.05, 3.63) is 33.6 Å². The molecule has 2 aromatic heterocycles. The standard InChI is InChI=1S/C12H15N3O4S2/c1-3-19-12(16)10-5-13-15-11(10)21(17,18)14-4-9-7-20-6-8(9)2/h5-7,14H,3-4H2,1-2H3,(H,13,15). The lowest BCUT2D eigenvalue weighted by Crippen LogP contribution is -2.25. The minimum absolute atomic E-state index is 0.105. The summed E-state index contributed by atoms with van der Waals surface area (Å²) in [5.74, 6) is -0.724. The molecule has 2 aromatic rings. The van der Waals surface area contributed by atoms with Crippen molar-refractivity contribution in [2.24, 2.45) is 0 Å². The highest BCUT2D eigenvalue weighted by Gasteiger charge is 2.25. The lowest BCUT2D eigenvalue weighted by molar-refractivity contribution is 0.0522. The first-order chi connectivity index (χ1) is 9.95. The Hall–Kier alpha value is -1.71. The summed E-state index contributed by atoms with van der Waals surface area (Å²) in [6, 6.07) is 0. The highest BCUT2D eigenvalue weighted by molar-refractivity contribution is 7.89. The van der Waals surface area contributed by atoms with Crippen molar-refractivity contribution in [2.75, 3.05) is 6.61 Å². The molecule has 0 radical (unpaired) electrons. The quantitative estimate of drug-likeness (QED) is 0.781. The number of thiophene rings is 1. The summed E-state index contributed by atoms with van der Waals surface area (Å²) in [5.41, 5.74) is 1.80. The number of aryl methyl sites for hydroxylation is 1. The van der Waals surface area contributed by atoms with E-state index in [1.807, 2.05) is 17.7 Å². The number of carbonyl (C=O) groups is 1. The second-order valence-electron chi connectivity index (χ2n) is 4.24. The van der Waals surface area contributed by atoms with Gasteiger partial charge in [0.25, 0.3) is 10.0 Å². The number of aromatic nitrogens is 2. The molecule has 0 fully saturated rings. The average molecular weight is 329 g/mol. The molecule has 114 valence electrons. The van der Waals surface area contributed by atoms with Gasteiger partial charge in [-0.3, -0.25) is 5.10 Å². The number of carbonyl (C=O) groups excluding carboxylic acids is 1. The van der Waals surface area contributed by atoms with E-state index in [9.17, 15) is 13.2 Å². The minimum Gasteiger partial charge on any atom is -0.462 e. The molecule has 2 heterocycles. The van der Waals surface area contributed by atoms with Crippen molar-refractivity contribution in [2.45, 2.75) is 25.4 Å².